The largest absolute Gasteiger partial charge is 0.462 e. The molecule has 0 spiro atoms. The fourth-order valence-corrected chi connectivity index (χ4v) is 0.439. The van der Waals surface area contributed by atoms with Crippen molar-refractivity contribution in [2.24, 2.45) is 0 Å². The maximum atomic E-state index is 10.7. The summed E-state index contributed by atoms with van der Waals surface area (Å²) in [6.45, 7) is 5.31. The highest BCUT2D eigenvalue weighted by Crippen LogP contribution is 1.94. The average Bonchev–Trinajstić information content (AvgIpc) is 1.97. The van der Waals surface area contributed by atoms with Crippen molar-refractivity contribution in [3.63, 3.8) is 0 Å². The minimum atomic E-state index is -0.386. The first-order valence-electron chi connectivity index (χ1n) is 3.38. The van der Waals surface area contributed by atoms with Crippen molar-refractivity contribution in [2.75, 3.05) is 6.61 Å². The summed E-state index contributed by atoms with van der Waals surface area (Å²) in [5, 5.41) is 8.13. The topological polar surface area (TPSA) is 50.1 Å². The summed E-state index contributed by atoms with van der Waals surface area (Å²) in [5.74, 6) is -0.386. The molecule has 3 heteroatoms. The zero-order valence-corrected chi connectivity index (χ0v) is 6.59. The Balaban J connectivity index is 3.34. The van der Waals surface area contributed by atoms with E-state index in [1.54, 1.807) is 6.92 Å². The van der Waals surface area contributed by atoms with Crippen LogP contribution in [0.1, 0.15) is 19.8 Å². The van der Waals surface area contributed by atoms with Crippen LogP contribution < -0.4 is 0 Å². The Morgan fingerprint density at radius 2 is 2.36 bits per heavy atom. The van der Waals surface area contributed by atoms with Gasteiger partial charge in [-0.15, -0.1) is 0 Å². The summed E-state index contributed by atoms with van der Waals surface area (Å²) in [6.07, 6.45) is 1.01. The third-order valence-electron chi connectivity index (χ3n) is 1.01. The number of ether oxygens (including phenoxy) is 1. The molecule has 0 amide bonds. The Hall–Kier alpha value is -1.30. The van der Waals surface area contributed by atoms with E-state index >= 15 is 0 Å². The summed E-state index contributed by atoms with van der Waals surface area (Å²) in [7, 11) is 0. The van der Waals surface area contributed by atoms with E-state index in [1.165, 1.54) is 0 Å². The highest BCUT2D eigenvalue weighted by Gasteiger charge is 2.00. The quantitative estimate of drug-likeness (QED) is 0.348. The van der Waals surface area contributed by atoms with E-state index in [2.05, 4.69) is 6.58 Å². The minimum Gasteiger partial charge on any atom is -0.462 e. The lowest BCUT2D eigenvalue weighted by molar-refractivity contribution is -0.139. The molecule has 0 unspecified atom stereocenters. The predicted octanol–water partition coefficient (Wildman–Crippen LogP) is 1.41. The molecular weight excluding hydrogens is 142 g/mol. The Kier molecular flexibility index (Phi) is 4.83. The maximum absolute atomic E-state index is 10.7. The van der Waals surface area contributed by atoms with Gasteiger partial charge in [-0.05, 0) is 13.3 Å². The highest BCUT2D eigenvalue weighted by molar-refractivity contribution is 5.86. The number of unbranched alkanes of at least 4 members (excludes halogenated alkanes) is 1. The molecule has 0 N–H and O–H groups in total. The number of rotatable bonds is 4. The lowest BCUT2D eigenvalue weighted by atomic mass is 10.3. The van der Waals surface area contributed by atoms with Gasteiger partial charge in [0, 0.05) is 12.0 Å². The number of hydrogen-bond acceptors (Lipinski definition) is 3. The molecule has 0 radical (unpaired) electrons. The van der Waals surface area contributed by atoms with Gasteiger partial charge in [-0.2, -0.15) is 5.26 Å². The van der Waals surface area contributed by atoms with Crippen LogP contribution in [0.15, 0.2) is 12.2 Å². The van der Waals surface area contributed by atoms with Gasteiger partial charge in [-0.3, -0.25) is 0 Å². The number of carbonyl (C=O) groups excluding carboxylic acids is 1. The molecule has 60 valence electrons. The molecule has 0 fully saturated rings. The van der Waals surface area contributed by atoms with E-state index in [0.29, 0.717) is 25.0 Å². The van der Waals surface area contributed by atoms with Crippen LogP contribution in [0.5, 0.6) is 0 Å². The number of esters is 1. The van der Waals surface area contributed by atoms with Crippen LogP contribution in [0.25, 0.3) is 0 Å². The molecule has 3 nitrogen and oxygen atoms in total. The Morgan fingerprint density at radius 3 is 2.82 bits per heavy atom. The predicted molar refractivity (Wildman–Crippen MR) is 40.6 cm³/mol. The van der Waals surface area contributed by atoms with E-state index in [4.69, 9.17) is 10.00 Å². The number of carbonyl (C=O) groups is 1. The molecule has 0 rings (SSSR count). The smallest absolute Gasteiger partial charge is 0.333 e. The fourth-order valence-electron chi connectivity index (χ4n) is 0.439. The fraction of sp³-hybridized carbons (Fsp3) is 0.500. The second kappa shape index (κ2) is 5.48. The Morgan fingerprint density at radius 1 is 1.73 bits per heavy atom. The molecule has 0 bridgehead atoms. The molecule has 0 aliphatic carbocycles. The summed E-state index contributed by atoms with van der Waals surface area (Å²) >= 11 is 0. The Labute approximate surface area is 66.3 Å². The van der Waals surface area contributed by atoms with Gasteiger partial charge in [0.15, 0.2) is 0 Å². The van der Waals surface area contributed by atoms with Crippen LogP contribution in [0.2, 0.25) is 0 Å². The van der Waals surface area contributed by atoms with Crippen LogP contribution in [-0.2, 0) is 9.53 Å². The van der Waals surface area contributed by atoms with Crippen molar-refractivity contribution in [3.05, 3.63) is 12.2 Å². The minimum absolute atomic E-state index is 0.305. The van der Waals surface area contributed by atoms with Gasteiger partial charge < -0.3 is 4.74 Å². The molecule has 0 aromatic rings. The van der Waals surface area contributed by atoms with E-state index in [9.17, 15) is 4.79 Å². The van der Waals surface area contributed by atoms with Gasteiger partial charge in [0.05, 0.1) is 12.7 Å². The molecule has 0 aliphatic heterocycles. The van der Waals surface area contributed by atoms with E-state index in [1.807, 2.05) is 6.07 Å². The van der Waals surface area contributed by atoms with Gasteiger partial charge in [-0.1, -0.05) is 6.58 Å². The number of hydrogen-bond donors (Lipinski definition) is 0. The van der Waals surface area contributed by atoms with Crippen molar-refractivity contribution >= 4 is 5.97 Å². The molecule has 0 aromatic carbocycles. The Bertz CT molecular complexity index is 191. The van der Waals surface area contributed by atoms with Crippen LogP contribution in [0.4, 0.5) is 0 Å². The monoisotopic (exact) mass is 153 g/mol. The first-order valence-corrected chi connectivity index (χ1v) is 3.38. The summed E-state index contributed by atoms with van der Waals surface area (Å²) in [5.41, 5.74) is 0.391. The van der Waals surface area contributed by atoms with Crippen LogP contribution in [-0.4, -0.2) is 12.6 Å². The lowest BCUT2D eigenvalue weighted by Gasteiger charge is -2.00. The zero-order valence-electron chi connectivity index (χ0n) is 6.59. The molecule has 0 atom stereocenters. The van der Waals surface area contributed by atoms with Gasteiger partial charge in [0.1, 0.15) is 0 Å². The second-order valence-corrected chi connectivity index (χ2v) is 2.18. The molecule has 0 saturated carbocycles. The lowest BCUT2D eigenvalue weighted by Crippen LogP contribution is -2.05. The van der Waals surface area contributed by atoms with Crippen molar-refractivity contribution in [1.82, 2.24) is 0 Å². The van der Waals surface area contributed by atoms with Gasteiger partial charge in [0.2, 0.25) is 0 Å². The normalized spacial score (nSPS) is 8.36. The SMILES string of the molecule is C=C(C)C(=O)OCCCC#N. The molecule has 0 aromatic heterocycles. The third kappa shape index (κ3) is 5.16. The zero-order chi connectivity index (χ0) is 8.69. The van der Waals surface area contributed by atoms with Crippen LogP contribution >= 0.6 is 0 Å². The highest BCUT2D eigenvalue weighted by atomic mass is 16.5. The first-order chi connectivity index (χ1) is 5.18. The summed E-state index contributed by atoms with van der Waals surface area (Å²) in [4.78, 5) is 10.7. The standard InChI is InChI=1S/C8H11NO2/c1-7(2)8(10)11-6-4-3-5-9/h1,3-4,6H2,2H3. The summed E-state index contributed by atoms with van der Waals surface area (Å²) < 4.78 is 4.72. The van der Waals surface area contributed by atoms with E-state index in [-0.39, 0.29) is 5.97 Å². The van der Waals surface area contributed by atoms with E-state index < -0.39 is 0 Å². The van der Waals surface area contributed by atoms with Crippen molar-refractivity contribution in [1.29, 1.82) is 5.26 Å². The molecule has 0 saturated heterocycles. The van der Waals surface area contributed by atoms with E-state index in [0.717, 1.165) is 0 Å². The van der Waals surface area contributed by atoms with Crippen LogP contribution in [0, 0.1) is 11.3 Å². The average molecular weight is 153 g/mol. The third-order valence-corrected chi connectivity index (χ3v) is 1.01. The van der Waals surface area contributed by atoms with Gasteiger partial charge >= 0.3 is 5.97 Å². The molecular formula is C8H11NO2. The maximum Gasteiger partial charge on any atom is 0.333 e. The summed E-state index contributed by atoms with van der Waals surface area (Å²) in [6, 6.07) is 1.96. The van der Waals surface area contributed by atoms with Crippen molar-refractivity contribution in [2.45, 2.75) is 19.8 Å². The van der Waals surface area contributed by atoms with Crippen molar-refractivity contribution in [3.8, 4) is 6.07 Å². The number of nitriles is 1. The first kappa shape index (κ1) is 9.70. The van der Waals surface area contributed by atoms with Crippen molar-refractivity contribution < 1.29 is 9.53 Å². The molecule has 0 aliphatic rings. The number of nitrogens with zero attached hydrogens (tertiary/aromatic N) is 1. The second-order valence-electron chi connectivity index (χ2n) is 2.18. The molecule has 0 heterocycles. The van der Waals surface area contributed by atoms with Crippen LogP contribution in [0.3, 0.4) is 0 Å². The van der Waals surface area contributed by atoms with Gasteiger partial charge in [-0.25, -0.2) is 4.79 Å². The molecule has 11 heavy (non-hydrogen) atoms. The van der Waals surface area contributed by atoms with Gasteiger partial charge in [0.25, 0.3) is 0 Å².